The van der Waals surface area contributed by atoms with Crippen LogP contribution in [0.4, 0.5) is 0 Å². The summed E-state index contributed by atoms with van der Waals surface area (Å²) < 4.78 is 0. The zero-order valence-corrected chi connectivity index (χ0v) is 10.9. The highest BCUT2D eigenvalue weighted by Gasteiger charge is 2.19. The average Bonchev–Trinajstić information content (AvgIpc) is 2.66. The Bertz CT molecular complexity index is 347. The monoisotopic (exact) mass is 241 g/mol. The highest BCUT2D eigenvalue weighted by molar-refractivity contribution is 7.09. The van der Waals surface area contributed by atoms with Crippen LogP contribution < -0.4 is 5.73 Å². The van der Waals surface area contributed by atoms with E-state index in [1.807, 2.05) is 26.4 Å². The highest BCUT2D eigenvalue weighted by Crippen LogP contribution is 2.16. The van der Waals surface area contributed by atoms with Crippen molar-refractivity contribution < 1.29 is 4.79 Å². The topological polar surface area (TPSA) is 59.2 Å². The molecule has 1 aromatic rings. The van der Waals surface area contributed by atoms with E-state index in [0.29, 0.717) is 13.1 Å². The van der Waals surface area contributed by atoms with Gasteiger partial charge in [-0.1, -0.05) is 6.92 Å². The molecular formula is C11H19N3OS. The van der Waals surface area contributed by atoms with Crippen LogP contribution in [0.25, 0.3) is 0 Å². The van der Waals surface area contributed by atoms with Gasteiger partial charge in [-0.3, -0.25) is 4.79 Å². The molecule has 4 nitrogen and oxygen atoms in total. The molecule has 1 unspecified atom stereocenters. The van der Waals surface area contributed by atoms with Crippen molar-refractivity contribution >= 4 is 17.2 Å². The summed E-state index contributed by atoms with van der Waals surface area (Å²) in [7, 11) is 1.82. The first-order chi connectivity index (χ1) is 7.60. The fraction of sp³-hybridized carbons (Fsp3) is 0.636. The second kappa shape index (κ2) is 5.96. The van der Waals surface area contributed by atoms with E-state index in [-0.39, 0.29) is 11.8 Å². The maximum atomic E-state index is 12.0. The van der Waals surface area contributed by atoms with Gasteiger partial charge in [-0.25, -0.2) is 4.98 Å². The lowest BCUT2D eigenvalue weighted by atomic mass is 10.1. The third-order valence-electron chi connectivity index (χ3n) is 2.73. The Hall–Kier alpha value is -0.940. The maximum Gasteiger partial charge on any atom is 0.227 e. The summed E-state index contributed by atoms with van der Waals surface area (Å²) in [6, 6.07) is 0. The highest BCUT2D eigenvalue weighted by atomic mass is 32.1. The number of thiazole rings is 1. The Labute approximate surface area is 100 Å². The molecule has 2 N–H and O–H groups in total. The number of carbonyl (C=O) groups is 1. The second-order valence-electron chi connectivity index (χ2n) is 3.90. The molecule has 0 bridgehead atoms. The Morgan fingerprint density at radius 2 is 2.38 bits per heavy atom. The number of hydrogen-bond acceptors (Lipinski definition) is 4. The van der Waals surface area contributed by atoms with E-state index in [9.17, 15) is 4.79 Å². The largest absolute Gasteiger partial charge is 0.340 e. The first kappa shape index (κ1) is 13.1. The molecule has 0 saturated heterocycles. The van der Waals surface area contributed by atoms with Gasteiger partial charge in [0.1, 0.15) is 0 Å². The average molecular weight is 241 g/mol. The van der Waals surface area contributed by atoms with Gasteiger partial charge in [0.15, 0.2) is 0 Å². The second-order valence-corrected chi connectivity index (χ2v) is 4.84. The van der Waals surface area contributed by atoms with Gasteiger partial charge >= 0.3 is 0 Å². The van der Waals surface area contributed by atoms with Crippen molar-refractivity contribution in [3.05, 3.63) is 16.1 Å². The van der Waals surface area contributed by atoms with Gasteiger partial charge in [-0.15, -0.1) is 11.3 Å². The van der Waals surface area contributed by atoms with E-state index in [4.69, 9.17) is 5.73 Å². The lowest BCUT2D eigenvalue weighted by molar-refractivity contribution is -0.134. The standard InChI is InChI=1S/C11H19N3OS/c1-4-9(5-12)11(15)14(3)6-10-8(2)13-7-16-10/h7,9H,4-6,12H2,1-3H3. The van der Waals surface area contributed by atoms with Gasteiger partial charge in [0.2, 0.25) is 5.91 Å². The van der Waals surface area contributed by atoms with Gasteiger partial charge in [0.05, 0.1) is 23.7 Å². The van der Waals surface area contributed by atoms with Crippen LogP contribution in [0.5, 0.6) is 0 Å². The molecule has 16 heavy (non-hydrogen) atoms. The van der Waals surface area contributed by atoms with Crippen molar-refractivity contribution in [2.75, 3.05) is 13.6 Å². The number of rotatable bonds is 5. The van der Waals surface area contributed by atoms with E-state index in [1.165, 1.54) is 0 Å². The SMILES string of the molecule is CCC(CN)C(=O)N(C)Cc1scnc1C. The van der Waals surface area contributed by atoms with Crippen molar-refractivity contribution in [1.82, 2.24) is 9.88 Å². The number of hydrogen-bond donors (Lipinski definition) is 1. The van der Waals surface area contributed by atoms with Crippen molar-refractivity contribution in [1.29, 1.82) is 0 Å². The van der Waals surface area contributed by atoms with Crippen LogP contribution in [-0.2, 0) is 11.3 Å². The predicted octanol–water partition coefficient (Wildman–Crippen LogP) is 1.39. The lowest BCUT2D eigenvalue weighted by Crippen LogP contribution is -2.35. The minimum Gasteiger partial charge on any atom is -0.340 e. The van der Waals surface area contributed by atoms with Gasteiger partial charge in [-0.2, -0.15) is 0 Å². The summed E-state index contributed by atoms with van der Waals surface area (Å²) >= 11 is 1.59. The quantitative estimate of drug-likeness (QED) is 0.847. The van der Waals surface area contributed by atoms with Crippen LogP contribution in [0.1, 0.15) is 23.9 Å². The Morgan fingerprint density at radius 1 is 1.69 bits per heavy atom. The van der Waals surface area contributed by atoms with Gasteiger partial charge in [-0.05, 0) is 13.3 Å². The number of carbonyl (C=O) groups excluding carboxylic acids is 1. The number of nitrogens with two attached hydrogens (primary N) is 1. The van der Waals surface area contributed by atoms with E-state index >= 15 is 0 Å². The normalized spacial score (nSPS) is 12.5. The smallest absolute Gasteiger partial charge is 0.227 e. The zero-order valence-electron chi connectivity index (χ0n) is 10.1. The van der Waals surface area contributed by atoms with Crippen molar-refractivity contribution in [3.63, 3.8) is 0 Å². The van der Waals surface area contributed by atoms with Crippen LogP contribution >= 0.6 is 11.3 Å². The molecule has 0 radical (unpaired) electrons. The Balaban J connectivity index is 2.62. The number of nitrogens with zero attached hydrogens (tertiary/aromatic N) is 2. The van der Waals surface area contributed by atoms with Crippen molar-refractivity contribution in [2.45, 2.75) is 26.8 Å². The third-order valence-corrected chi connectivity index (χ3v) is 3.65. The molecule has 5 heteroatoms. The molecule has 0 aliphatic carbocycles. The minimum atomic E-state index is -0.0572. The van der Waals surface area contributed by atoms with E-state index in [0.717, 1.165) is 17.0 Å². The number of amides is 1. The minimum absolute atomic E-state index is 0.0572. The zero-order chi connectivity index (χ0) is 12.1. The van der Waals surface area contributed by atoms with Gasteiger partial charge in [0.25, 0.3) is 0 Å². The van der Waals surface area contributed by atoms with E-state index in [1.54, 1.807) is 16.2 Å². The maximum absolute atomic E-state index is 12.0. The molecule has 0 aliphatic rings. The van der Waals surface area contributed by atoms with Gasteiger partial charge in [0, 0.05) is 18.5 Å². The van der Waals surface area contributed by atoms with Crippen LogP contribution in [0.15, 0.2) is 5.51 Å². The Kier molecular flexibility index (Phi) is 4.89. The lowest BCUT2D eigenvalue weighted by Gasteiger charge is -2.21. The summed E-state index contributed by atoms with van der Waals surface area (Å²) in [4.78, 5) is 19.0. The molecule has 0 aliphatic heterocycles. The third kappa shape index (κ3) is 3.02. The summed E-state index contributed by atoms with van der Waals surface area (Å²) in [5.41, 5.74) is 8.38. The summed E-state index contributed by atoms with van der Waals surface area (Å²) in [6.45, 7) is 5.00. The molecule has 1 amide bonds. The summed E-state index contributed by atoms with van der Waals surface area (Å²) in [5, 5.41) is 0. The molecule has 0 aromatic carbocycles. The van der Waals surface area contributed by atoms with Gasteiger partial charge < -0.3 is 10.6 Å². The van der Waals surface area contributed by atoms with E-state index in [2.05, 4.69) is 4.98 Å². The number of aromatic nitrogens is 1. The number of aryl methyl sites for hydroxylation is 1. The van der Waals surface area contributed by atoms with Crippen LogP contribution in [-0.4, -0.2) is 29.4 Å². The molecule has 1 atom stereocenters. The van der Waals surface area contributed by atoms with Crippen LogP contribution in [0.3, 0.4) is 0 Å². The molecule has 0 fully saturated rings. The first-order valence-electron chi connectivity index (χ1n) is 5.44. The predicted molar refractivity (Wildman–Crippen MR) is 66.2 cm³/mol. The summed E-state index contributed by atoms with van der Waals surface area (Å²) in [5.74, 6) is 0.0658. The Morgan fingerprint density at radius 3 is 2.81 bits per heavy atom. The fourth-order valence-corrected chi connectivity index (χ4v) is 2.35. The van der Waals surface area contributed by atoms with Crippen molar-refractivity contribution in [3.8, 4) is 0 Å². The van der Waals surface area contributed by atoms with E-state index < -0.39 is 0 Å². The molecule has 1 rings (SSSR count). The summed E-state index contributed by atoms with van der Waals surface area (Å²) in [6.07, 6.45) is 0.793. The molecule has 90 valence electrons. The molecular weight excluding hydrogens is 222 g/mol. The van der Waals surface area contributed by atoms with Crippen LogP contribution in [0, 0.1) is 12.8 Å². The molecule has 1 heterocycles. The fourth-order valence-electron chi connectivity index (χ4n) is 1.53. The molecule has 1 aromatic heterocycles. The molecule has 0 spiro atoms. The van der Waals surface area contributed by atoms with Crippen LogP contribution in [0.2, 0.25) is 0 Å². The van der Waals surface area contributed by atoms with Crippen molar-refractivity contribution in [2.24, 2.45) is 11.7 Å². The molecule has 0 saturated carbocycles. The first-order valence-corrected chi connectivity index (χ1v) is 6.32.